The Kier molecular flexibility index (Phi) is 3.51. The lowest BCUT2D eigenvalue weighted by atomic mass is 10.1. The first-order valence-electron chi connectivity index (χ1n) is 6.57. The fourth-order valence-electron chi connectivity index (χ4n) is 2.12. The first-order chi connectivity index (χ1) is 10.2. The van der Waals surface area contributed by atoms with Gasteiger partial charge in [-0.1, -0.05) is 48.5 Å². The van der Waals surface area contributed by atoms with Crippen LogP contribution in [0.15, 0.2) is 65.5 Å². The quantitative estimate of drug-likeness (QED) is 0.750. The van der Waals surface area contributed by atoms with Gasteiger partial charge in [-0.3, -0.25) is 4.79 Å². The predicted octanol–water partition coefficient (Wildman–Crippen LogP) is 2.89. The standard InChI is InChI=1S/C17H13NO3/c19-16-14-9-5-4-8-13(14)10-15(18-16)17(20)21-11-12-6-2-1-3-7-12/h1-10H,11H2,(H,18,19). The Morgan fingerprint density at radius 2 is 1.71 bits per heavy atom. The number of H-pyrrole nitrogens is 1. The van der Waals surface area contributed by atoms with E-state index in [0.29, 0.717) is 10.8 Å². The molecule has 0 unspecified atom stereocenters. The van der Waals surface area contributed by atoms with Crippen molar-refractivity contribution in [3.05, 3.63) is 82.3 Å². The Morgan fingerprint density at radius 1 is 1.00 bits per heavy atom. The molecule has 0 fully saturated rings. The smallest absolute Gasteiger partial charge is 0.355 e. The van der Waals surface area contributed by atoms with Gasteiger partial charge in [0.1, 0.15) is 12.3 Å². The Labute approximate surface area is 121 Å². The van der Waals surface area contributed by atoms with Crippen molar-refractivity contribution in [2.45, 2.75) is 6.61 Å². The molecule has 0 saturated carbocycles. The first kappa shape index (κ1) is 13.1. The lowest BCUT2D eigenvalue weighted by molar-refractivity contribution is 0.0465. The number of esters is 1. The van der Waals surface area contributed by atoms with E-state index in [1.54, 1.807) is 24.3 Å². The summed E-state index contributed by atoms with van der Waals surface area (Å²) in [7, 11) is 0. The number of fused-ring (bicyclic) bond motifs is 1. The van der Waals surface area contributed by atoms with Crippen LogP contribution in [-0.4, -0.2) is 11.0 Å². The second-order valence-electron chi connectivity index (χ2n) is 4.66. The van der Waals surface area contributed by atoms with Crippen molar-refractivity contribution in [1.29, 1.82) is 0 Å². The number of rotatable bonds is 3. The van der Waals surface area contributed by atoms with E-state index >= 15 is 0 Å². The van der Waals surface area contributed by atoms with Crippen LogP contribution in [0.4, 0.5) is 0 Å². The molecule has 1 N–H and O–H groups in total. The molecule has 1 heterocycles. The summed E-state index contributed by atoms with van der Waals surface area (Å²) in [4.78, 5) is 26.5. The van der Waals surface area contributed by atoms with Gasteiger partial charge in [0.15, 0.2) is 0 Å². The fourth-order valence-corrected chi connectivity index (χ4v) is 2.12. The third-order valence-corrected chi connectivity index (χ3v) is 3.19. The lowest BCUT2D eigenvalue weighted by Gasteiger charge is -2.05. The Bertz CT molecular complexity index is 837. The van der Waals surface area contributed by atoms with Gasteiger partial charge >= 0.3 is 5.97 Å². The Morgan fingerprint density at radius 3 is 2.52 bits per heavy atom. The van der Waals surface area contributed by atoms with Gasteiger partial charge in [-0.15, -0.1) is 0 Å². The number of nitrogens with one attached hydrogen (secondary N) is 1. The molecule has 2 aromatic carbocycles. The maximum absolute atomic E-state index is 12.0. The van der Waals surface area contributed by atoms with Gasteiger partial charge in [0.05, 0.1) is 0 Å². The molecule has 104 valence electrons. The monoisotopic (exact) mass is 279 g/mol. The molecule has 4 nitrogen and oxygen atoms in total. The van der Waals surface area contributed by atoms with Crippen molar-refractivity contribution >= 4 is 16.7 Å². The molecule has 0 radical (unpaired) electrons. The normalized spacial score (nSPS) is 10.5. The predicted molar refractivity (Wildman–Crippen MR) is 80.1 cm³/mol. The highest BCUT2D eigenvalue weighted by atomic mass is 16.5. The van der Waals surface area contributed by atoms with Crippen LogP contribution in [0.2, 0.25) is 0 Å². The van der Waals surface area contributed by atoms with Gasteiger partial charge in [-0.25, -0.2) is 4.79 Å². The molecule has 0 aliphatic heterocycles. The van der Waals surface area contributed by atoms with Crippen molar-refractivity contribution in [3.8, 4) is 0 Å². The minimum Gasteiger partial charge on any atom is -0.456 e. The second-order valence-corrected chi connectivity index (χ2v) is 4.66. The molecule has 0 atom stereocenters. The van der Waals surface area contributed by atoms with E-state index in [1.165, 1.54) is 0 Å². The van der Waals surface area contributed by atoms with Crippen molar-refractivity contribution in [1.82, 2.24) is 4.98 Å². The van der Waals surface area contributed by atoms with E-state index in [2.05, 4.69) is 4.98 Å². The second kappa shape index (κ2) is 5.63. The lowest BCUT2D eigenvalue weighted by Crippen LogP contribution is -2.15. The van der Waals surface area contributed by atoms with Gasteiger partial charge in [0.25, 0.3) is 5.56 Å². The zero-order valence-electron chi connectivity index (χ0n) is 11.2. The zero-order chi connectivity index (χ0) is 14.7. The third kappa shape index (κ3) is 2.84. The summed E-state index contributed by atoms with van der Waals surface area (Å²) in [6.07, 6.45) is 0. The summed E-state index contributed by atoms with van der Waals surface area (Å²) in [6.45, 7) is 0.175. The van der Waals surface area contributed by atoms with Crippen LogP contribution in [0, 0.1) is 0 Å². The molecule has 0 aliphatic rings. The van der Waals surface area contributed by atoms with Gasteiger partial charge in [-0.2, -0.15) is 0 Å². The van der Waals surface area contributed by atoms with E-state index in [0.717, 1.165) is 5.56 Å². The summed E-state index contributed by atoms with van der Waals surface area (Å²) >= 11 is 0. The molecule has 0 amide bonds. The van der Waals surface area contributed by atoms with E-state index in [4.69, 9.17) is 4.74 Å². The summed E-state index contributed by atoms with van der Waals surface area (Å²) in [5, 5.41) is 1.27. The third-order valence-electron chi connectivity index (χ3n) is 3.19. The van der Waals surface area contributed by atoms with Crippen LogP contribution in [0.3, 0.4) is 0 Å². The molecular formula is C17H13NO3. The average molecular weight is 279 g/mol. The number of hydrogen-bond donors (Lipinski definition) is 1. The number of hydrogen-bond acceptors (Lipinski definition) is 3. The van der Waals surface area contributed by atoms with Crippen LogP contribution >= 0.6 is 0 Å². The van der Waals surface area contributed by atoms with E-state index < -0.39 is 5.97 Å². The molecule has 21 heavy (non-hydrogen) atoms. The highest BCUT2D eigenvalue weighted by Crippen LogP contribution is 2.11. The number of pyridine rings is 1. The van der Waals surface area contributed by atoms with Gasteiger partial charge in [0, 0.05) is 5.39 Å². The number of aromatic nitrogens is 1. The minimum atomic E-state index is -0.540. The number of benzene rings is 2. The summed E-state index contributed by atoms with van der Waals surface area (Å²) in [5.41, 5.74) is 0.767. The number of aromatic amines is 1. The Hall–Kier alpha value is -2.88. The van der Waals surface area contributed by atoms with Crippen LogP contribution in [-0.2, 0) is 11.3 Å². The van der Waals surface area contributed by atoms with Crippen LogP contribution in [0.1, 0.15) is 16.1 Å². The van der Waals surface area contributed by atoms with E-state index in [-0.39, 0.29) is 17.9 Å². The van der Waals surface area contributed by atoms with Gasteiger partial charge in [0.2, 0.25) is 0 Å². The molecule has 0 bridgehead atoms. The largest absolute Gasteiger partial charge is 0.456 e. The molecule has 4 heteroatoms. The average Bonchev–Trinajstić information content (AvgIpc) is 2.53. The maximum Gasteiger partial charge on any atom is 0.355 e. The molecule has 0 spiro atoms. The molecule has 0 saturated heterocycles. The number of carbonyl (C=O) groups is 1. The van der Waals surface area contributed by atoms with Crippen molar-refractivity contribution in [2.75, 3.05) is 0 Å². The van der Waals surface area contributed by atoms with Crippen molar-refractivity contribution < 1.29 is 9.53 Å². The summed E-state index contributed by atoms with van der Waals surface area (Å²) < 4.78 is 5.21. The molecule has 0 aliphatic carbocycles. The van der Waals surface area contributed by atoms with E-state index in [9.17, 15) is 9.59 Å². The highest BCUT2D eigenvalue weighted by Gasteiger charge is 2.10. The minimum absolute atomic E-state index is 0.162. The van der Waals surface area contributed by atoms with Crippen LogP contribution in [0.25, 0.3) is 10.8 Å². The molecule has 3 rings (SSSR count). The van der Waals surface area contributed by atoms with Crippen molar-refractivity contribution in [2.24, 2.45) is 0 Å². The van der Waals surface area contributed by atoms with Crippen LogP contribution < -0.4 is 5.56 Å². The van der Waals surface area contributed by atoms with Gasteiger partial charge < -0.3 is 9.72 Å². The zero-order valence-corrected chi connectivity index (χ0v) is 11.2. The molecule has 3 aromatic rings. The van der Waals surface area contributed by atoms with Gasteiger partial charge in [-0.05, 0) is 23.1 Å². The Balaban J connectivity index is 1.83. The molecular weight excluding hydrogens is 266 g/mol. The number of ether oxygens (including phenoxy) is 1. The maximum atomic E-state index is 12.0. The first-order valence-corrected chi connectivity index (χ1v) is 6.57. The molecule has 1 aromatic heterocycles. The summed E-state index contributed by atoms with van der Waals surface area (Å²) in [5.74, 6) is -0.540. The number of carbonyl (C=O) groups excluding carboxylic acids is 1. The topological polar surface area (TPSA) is 59.2 Å². The van der Waals surface area contributed by atoms with Crippen LogP contribution in [0.5, 0.6) is 0 Å². The summed E-state index contributed by atoms with van der Waals surface area (Å²) in [6, 6.07) is 18.1. The SMILES string of the molecule is O=C(OCc1ccccc1)c1cc2ccccc2c(=O)[nH]1. The van der Waals surface area contributed by atoms with E-state index in [1.807, 2.05) is 36.4 Å². The highest BCUT2D eigenvalue weighted by molar-refractivity contribution is 5.92. The fraction of sp³-hybridized carbons (Fsp3) is 0.0588. The van der Waals surface area contributed by atoms with Crippen molar-refractivity contribution in [3.63, 3.8) is 0 Å².